The molecule has 1 aromatic heterocycles. The molecule has 2 heteroatoms. The van der Waals surface area contributed by atoms with E-state index in [1.165, 1.54) is 28.5 Å². The van der Waals surface area contributed by atoms with Gasteiger partial charge in [0.25, 0.3) is 0 Å². The summed E-state index contributed by atoms with van der Waals surface area (Å²) in [7, 11) is 0. The van der Waals surface area contributed by atoms with Crippen LogP contribution < -0.4 is 3.71 Å². The zero-order chi connectivity index (χ0) is 8.81. The maximum absolute atomic E-state index is 4.43. The molecular weight excluding hydrogens is 253 g/mol. The summed E-state index contributed by atoms with van der Waals surface area (Å²) in [5.74, 6) is 0. The normalized spacial score (nSPS) is 10.2. The van der Waals surface area contributed by atoms with Gasteiger partial charge in [-0.2, -0.15) is 0 Å². The van der Waals surface area contributed by atoms with Gasteiger partial charge in [0.1, 0.15) is 0 Å². The molecule has 1 nitrogen and oxygen atoms in total. The van der Waals surface area contributed by atoms with E-state index in [0.29, 0.717) is 0 Å². The molecule has 0 N–H and O–H groups in total. The molecule has 0 unspecified atom stereocenters. The van der Waals surface area contributed by atoms with E-state index in [1.54, 1.807) is 0 Å². The summed E-state index contributed by atoms with van der Waals surface area (Å²) in [6.45, 7) is 2.24. The summed E-state index contributed by atoms with van der Waals surface area (Å²) in [5, 5.41) is 0. The first kappa shape index (κ1) is 10.0. The van der Waals surface area contributed by atoms with Gasteiger partial charge in [-0.15, -0.1) is 0 Å². The molecule has 0 aliphatic rings. The average molecular weight is 268 g/mol. The number of unbranched alkanes of at least 4 members (excludes halogenated alkanes) is 1. The zero-order valence-corrected chi connectivity index (χ0v) is 10.7. The van der Waals surface area contributed by atoms with E-state index in [-0.39, 0.29) is 21.1 Å². The predicted molar refractivity (Wildman–Crippen MR) is 54.1 cm³/mol. The summed E-state index contributed by atoms with van der Waals surface area (Å²) >= 11 is -0.330. The van der Waals surface area contributed by atoms with Gasteiger partial charge in [-0.05, 0) is 0 Å². The van der Waals surface area contributed by atoms with Crippen molar-refractivity contribution in [1.82, 2.24) is 4.98 Å². The van der Waals surface area contributed by atoms with Gasteiger partial charge in [-0.1, -0.05) is 0 Å². The Balaban J connectivity index is 2.68. The van der Waals surface area contributed by atoms with Crippen molar-refractivity contribution >= 4 is 24.9 Å². The number of hydrogen-bond acceptors (Lipinski definition) is 1. The molecule has 0 amide bonds. The molecule has 64 valence electrons. The van der Waals surface area contributed by atoms with E-state index in [9.17, 15) is 0 Å². The number of hydrogen-bond donors (Lipinski definition) is 0. The van der Waals surface area contributed by atoms with Crippen LogP contribution >= 0.6 is 0 Å². The SMILES string of the molecule is CCCCc1cccn[c]1[Sn][CH3]. The molecule has 0 spiro atoms. The third-order valence-corrected chi connectivity index (χ3v) is 4.56. The van der Waals surface area contributed by atoms with Crippen LogP contribution in [0.1, 0.15) is 25.3 Å². The topological polar surface area (TPSA) is 12.9 Å². The Labute approximate surface area is 84.8 Å². The summed E-state index contributed by atoms with van der Waals surface area (Å²) in [6.07, 6.45) is 5.74. The fourth-order valence-electron chi connectivity index (χ4n) is 1.23. The van der Waals surface area contributed by atoms with Crippen LogP contribution in [0.25, 0.3) is 0 Å². The van der Waals surface area contributed by atoms with Crippen molar-refractivity contribution in [2.24, 2.45) is 0 Å². The average Bonchev–Trinajstić information content (AvgIpc) is 2.15. The molecule has 12 heavy (non-hydrogen) atoms. The Kier molecular flexibility index (Phi) is 4.66. The first-order chi connectivity index (χ1) is 5.88. The van der Waals surface area contributed by atoms with Crippen LogP contribution in [0, 0.1) is 0 Å². The number of rotatable bonds is 4. The summed E-state index contributed by atoms with van der Waals surface area (Å²) in [4.78, 5) is 6.76. The van der Waals surface area contributed by atoms with Crippen molar-refractivity contribution in [3.8, 4) is 0 Å². The molecule has 0 aromatic carbocycles. The molecule has 2 radical (unpaired) electrons. The van der Waals surface area contributed by atoms with Crippen LogP contribution in [-0.4, -0.2) is 26.1 Å². The fourth-order valence-corrected chi connectivity index (χ4v) is 3.32. The number of aryl methyl sites for hydroxylation is 1. The second-order valence-electron chi connectivity index (χ2n) is 2.86. The monoisotopic (exact) mass is 269 g/mol. The number of nitrogens with zero attached hydrogens (tertiary/aromatic N) is 1. The van der Waals surface area contributed by atoms with Gasteiger partial charge >= 0.3 is 84.9 Å². The van der Waals surface area contributed by atoms with Crippen LogP contribution in [-0.2, 0) is 6.42 Å². The Bertz CT molecular complexity index is 235. The van der Waals surface area contributed by atoms with Gasteiger partial charge in [0, 0.05) is 0 Å². The van der Waals surface area contributed by atoms with Gasteiger partial charge in [0.2, 0.25) is 0 Å². The summed E-state index contributed by atoms with van der Waals surface area (Å²) in [5.41, 5.74) is 1.51. The van der Waals surface area contributed by atoms with E-state index >= 15 is 0 Å². The molecule has 1 aromatic rings. The van der Waals surface area contributed by atoms with Crippen LogP contribution in [0.5, 0.6) is 0 Å². The molecule has 1 rings (SSSR count). The number of aromatic nitrogens is 1. The predicted octanol–water partition coefficient (Wildman–Crippen LogP) is 1.80. The molecule has 0 atom stereocenters. The molecule has 0 fully saturated rings. The number of pyridine rings is 1. The molecule has 1 heterocycles. The Hall–Kier alpha value is -0.0513. The fraction of sp³-hybridized carbons (Fsp3) is 0.500. The maximum atomic E-state index is 4.43. The summed E-state index contributed by atoms with van der Waals surface area (Å²) < 4.78 is 1.44. The molecule has 0 aliphatic heterocycles. The Morgan fingerprint density at radius 3 is 3.00 bits per heavy atom. The van der Waals surface area contributed by atoms with E-state index < -0.39 is 0 Å². The quantitative estimate of drug-likeness (QED) is 0.759. The first-order valence-corrected chi connectivity index (χ1v) is 8.78. The van der Waals surface area contributed by atoms with Crippen molar-refractivity contribution in [2.75, 3.05) is 0 Å². The Morgan fingerprint density at radius 1 is 1.50 bits per heavy atom. The van der Waals surface area contributed by atoms with Crippen molar-refractivity contribution in [3.63, 3.8) is 0 Å². The van der Waals surface area contributed by atoms with Gasteiger partial charge in [0.05, 0.1) is 0 Å². The first-order valence-electron chi connectivity index (χ1n) is 4.50. The van der Waals surface area contributed by atoms with Crippen LogP contribution in [0.2, 0.25) is 4.94 Å². The van der Waals surface area contributed by atoms with Crippen LogP contribution in [0.3, 0.4) is 0 Å². The van der Waals surface area contributed by atoms with E-state index in [2.05, 4.69) is 29.0 Å². The van der Waals surface area contributed by atoms with E-state index in [1.807, 2.05) is 6.20 Å². The molecule has 0 saturated heterocycles. The molecule has 0 aliphatic carbocycles. The van der Waals surface area contributed by atoms with Crippen molar-refractivity contribution < 1.29 is 0 Å². The third-order valence-electron chi connectivity index (χ3n) is 1.93. The van der Waals surface area contributed by atoms with Crippen LogP contribution in [0.4, 0.5) is 0 Å². The standard InChI is InChI=1S/C9H12N.CH3.Sn/c1-2-3-5-9-6-4-7-10-8-9;;/h4,6-7H,2-3,5H2,1H3;1H3;. The van der Waals surface area contributed by atoms with Gasteiger partial charge in [0.15, 0.2) is 0 Å². The molecule has 0 bridgehead atoms. The van der Waals surface area contributed by atoms with Crippen molar-refractivity contribution in [2.45, 2.75) is 31.1 Å². The van der Waals surface area contributed by atoms with Gasteiger partial charge in [-0.3, -0.25) is 0 Å². The van der Waals surface area contributed by atoms with E-state index in [0.717, 1.165) is 0 Å². The molecule has 0 saturated carbocycles. The zero-order valence-electron chi connectivity index (χ0n) is 7.80. The minimum absolute atomic E-state index is 0.330. The molecular formula is C10H15NSn. The second kappa shape index (κ2) is 5.57. The van der Waals surface area contributed by atoms with Crippen molar-refractivity contribution in [3.05, 3.63) is 23.9 Å². The Morgan fingerprint density at radius 2 is 2.33 bits per heavy atom. The third kappa shape index (κ3) is 2.77. The van der Waals surface area contributed by atoms with Gasteiger partial charge < -0.3 is 0 Å². The minimum atomic E-state index is -0.330. The van der Waals surface area contributed by atoms with Gasteiger partial charge in [-0.25, -0.2) is 0 Å². The van der Waals surface area contributed by atoms with Crippen molar-refractivity contribution in [1.29, 1.82) is 0 Å². The summed E-state index contributed by atoms with van der Waals surface area (Å²) in [6, 6.07) is 4.30. The van der Waals surface area contributed by atoms with Crippen LogP contribution in [0.15, 0.2) is 18.3 Å². The van der Waals surface area contributed by atoms with E-state index in [4.69, 9.17) is 0 Å². The second-order valence-corrected chi connectivity index (χ2v) is 5.64.